The van der Waals surface area contributed by atoms with Crippen LogP contribution in [-0.4, -0.2) is 24.1 Å². The van der Waals surface area contributed by atoms with E-state index in [0.717, 1.165) is 5.75 Å². The molecule has 7 heteroatoms. The van der Waals surface area contributed by atoms with Crippen molar-refractivity contribution in [3.8, 4) is 11.5 Å². The Kier molecular flexibility index (Phi) is 6.55. The Balaban J connectivity index is 1.54. The highest BCUT2D eigenvalue weighted by Crippen LogP contribution is 2.22. The maximum atomic E-state index is 12.3. The first-order valence-corrected chi connectivity index (χ1v) is 9.09. The minimum absolute atomic E-state index is 0.156. The molecule has 0 spiro atoms. The van der Waals surface area contributed by atoms with Gasteiger partial charge in [0.25, 0.3) is 5.91 Å². The van der Waals surface area contributed by atoms with Gasteiger partial charge >= 0.3 is 5.97 Å². The summed E-state index contributed by atoms with van der Waals surface area (Å²) in [7, 11) is 1.30. The van der Waals surface area contributed by atoms with Crippen molar-refractivity contribution in [3.05, 3.63) is 90.0 Å². The van der Waals surface area contributed by atoms with E-state index < -0.39 is 5.97 Å². The van der Waals surface area contributed by atoms with Crippen LogP contribution in [0.4, 0.5) is 5.69 Å². The molecule has 1 amide bonds. The van der Waals surface area contributed by atoms with E-state index in [1.807, 2.05) is 30.3 Å². The van der Waals surface area contributed by atoms with Crippen LogP contribution in [0.5, 0.6) is 11.5 Å². The molecule has 0 aliphatic rings. The number of amides is 1. The number of para-hydroxylation sites is 1. The van der Waals surface area contributed by atoms with Gasteiger partial charge in [0.15, 0.2) is 5.11 Å². The molecule has 0 bridgehead atoms. The van der Waals surface area contributed by atoms with Crippen LogP contribution in [-0.2, 0) is 4.74 Å². The number of hydrogen-bond acceptors (Lipinski definition) is 5. The molecule has 29 heavy (non-hydrogen) atoms. The highest BCUT2D eigenvalue weighted by Gasteiger charge is 2.10. The number of carbonyl (C=O) groups is 2. The molecule has 0 fully saturated rings. The van der Waals surface area contributed by atoms with Crippen molar-refractivity contribution in [1.29, 1.82) is 0 Å². The third-order valence-electron chi connectivity index (χ3n) is 3.89. The van der Waals surface area contributed by atoms with Crippen LogP contribution >= 0.6 is 12.2 Å². The van der Waals surface area contributed by atoms with Crippen molar-refractivity contribution in [1.82, 2.24) is 5.32 Å². The van der Waals surface area contributed by atoms with E-state index in [-0.39, 0.29) is 11.0 Å². The van der Waals surface area contributed by atoms with Gasteiger partial charge in [0.1, 0.15) is 11.5 Å². The number of anilines is 1. The van der Waals surface area contributed by atoms with Gasteiger partial charge in [-0.2, -0.15) is 0 Å². The van der Waals surface area contributed by atoms with Crippen LogP contribution in [0, 0.1) is 0 Å². The summed E-state index contributed by atoms with van der Waals surface area (Å²) in [6.45, 7) is 0. The first-order valence-electron chi connectivity index (χ1n) is 8.69. The smallest absolute Gasteiger partial charge is 0.337 e. The van der Waals surface area contributed by atoms with Gasteiger partial charge in [-0.05, 0) is 72.9 Å². The SMILES string of the molecule is COC(=O)c1ccc(C(=O)NC(=S)Nc2ccc(Oc3ccccc3)cc2)cc1. The molecular formula is C22H18N2O4S. The van der Waals surface area contributed by atoms with Crippen LogP contribution in [0.25, 0.3) is 0 Å². The molecule has 0 atom stereocenters. The number of nitrogens with one attached hydrogen (secondary N) is 2. The topological polar surface area (TPSA) is 76.7 Å². The van der Waals surface area contributed by atoms with E-state index in [1.54, 1.807) is 24.3 Å². The molecule has 0 unspecified atom stereocenters. The number of esters is 1. The number of rotatable bonds is 5. The second-order valence-corrected chi connectivity index (χ2v) is 6.32. The molecule has 0 aliphatic heterocycles. The zero-order valence-electron chi connectivity index (χ0n) is 15.5. The van der Waals surface area contributed by atoms with E-state index in [9.17, 15) is 9.59 Å². The van der Waals surface area contributed by atoms with Gasteiger partial charge < -0.3 is 14.8 Å². The van der Waals surface area contributed by atoms with Crippen molar-refractivity contribution in [3.63, 3.8) is 0 Å². The zero-order chi connectivity index (χ0) is 20.6. The van der Waals surface area contributed by atoms with Gasteiger partial charge in [-0.1, -0.05) is 18.2 Å². The molecule has 0 radical (unpaired) electrons. The highest BCUT2D eigenvalue weighted by molar-refractivity contribution is 7.80. The summed E-state index contributed by atoms with van der Waals surface area (Å²) in [6.07, 6.45) is 0. The van der Waals surface area contributed by atoms with Crippen molar-refractivity contribution in [2.24, 2.45) is 0 Å². The summed E-state index contributed by atoms with van der Waals surface area (Å²) in [5.41, 5.74) is 1.44. The summed E-state index contributed by atoms with van der Waals surface area (Å²) >= 11 is 5.19. The Morgan fingerprint density at radius 2 is 1.38 bits per heavy atom. The normalized spacial score (nSPS) is 9.97. The molecule has 0 aromatic heterocycles. The standard InChI is InChI=1S/C22H18N2O4S/c1-27-21(26)16-9-7-15(8-10-16)20(25)24-22(29)23-17-11-13-19(14-12-17)28-18-5-3-2-4-6-18/h2-14H,1H3,(H2,23,24,25,29). The fraction of sp³-hybridized carbons (Fsp3) is 0.0455. The van der Waals surface area contributed by atoms with Crippen LogP contribution in [0.2, 0.25) is 0 Å². The quantitative estimate of drug-likeness (QED) is 0.483. The van der Waals surface area contributed by atoms with Crippen LogP contribution < -0.4 is 15.4 Å². The van der Waals surface area contributed by atoms with Crippen LogP contribution in [0.1, 0.15) is 20.7 Å². The molecular weight excluding hydrogens is 388 g/mol. The number of hydrogen-bond donors (Lipinski definition) is 2. The third-order valence-corrected chi connectivity index (χ3v) is 4.09. The average Bonchev–Trinajstić information content (AvgIpc) is 2.75. The van der Waals surface area contributed by atoms with Crippen molar-refractivity contribution >= 4 is 34.9 Å². The first kappa shape index (κ1) is 20.0. The summed E-state index contributed by atoms with van der Waals surface area (Å²) in [5, 5.41) is 5.69. The molecule has 0 saturated carbocycles. The number of thiocarbonyl (C=S) groups is 1. The maximum Gasteiger partial charge on any atom is 0.337 e. The predicted octanol–water partition coefficient (Wildman–Crippen LogP) is 4.39. The molecule has 3 aromatic rings. The lowest BCUT2D eigenvalue weighted by atomic mass is 10.1. The predicted molar refractivity (Wildman–Crippen MR) is 114 cm³/mol. The Bertz CT molecular complexity index is 1000. The Morgan fingerprint density at radius 1 is 0.793 bits per heavy atom. The lowest BCUT2D eigenvalue weighted by molar-refractivity contribution is 0.0600. The van der Waals surface area contributed by atoms with Gasteiger partial charge in [0.05, 0.1) is 12.7 Å². The fourth-order valence-corrected chi connectivity index (χ4v) is 2.65. The van der Waals surface area contributed by atoms with E-state index >= 15 is 0 Å². The summed E-state index contributed by atoms with van der Waals surface area (Å²) in [4.78, 5) is 23.7. The van der Waals surface area contributed by atoms with E-state index in [1.165, 1.54) is 31.4 Å². The minimum atomic E-state index is -0.464. The Morgan fingerprint density at radius 3 is 2.00 bits per heavy atom. The monoisotopic (exact) mass is 406 g/mol. The number of carbonyl (C=O) groups excluding carboxylic acids is 2. The molecule has 6 nitrogen and oxygen atoms in total. The maximum absolute atomic E-state index is 12.3. The number of benzene rings is 3. The van der Waals surface area contributed by atoms with Crippen LogP contribution in [0.3, 0.4) is 0 Å². The molecule has 0 saturated heterocycles. The largest absolute Gasteiger partial charge is 0.465 e. The molecule has 0 aliphatic carbocycles. The summed E-state index contributed by atoms with van der Waals surface area (Å²) in [6, 6.07) is 22.7. The molecule has 3 aromatic carbocycles. The van der Waals surface area contributed by atoms with Crippen LogP contribution in [0.15, 0.2) is 78.9 Å². The average molecular weight is 406 g/mol. The van der Waals surface area contributed by atoms with E-state index in [0.29, 0.717) is 22.6 Å². The van der Waals surface area contributed by atoms with E-state index in [2.05, 4.69) is 15.4 Å². The minimum Gasteiger partial charge on any atom is -0.465 e. The molecule has 0 heterocycles. The van der Waals surface area contributed by atoms with Gasteiger partial charge in [-0.3, -0.25) is 10.1 Å². The fourth-order valence-electron chi connectivity index (χ4n) is 2.44. The molecule has 146 valence electrons. The second kappa shape index (κ2) is 9.48. The van der Waals surface area contributed by atoms with E-state index in [4.69, 9.17) is 17.0 Å². The molecule has 2 N–H and O–H groups in total. The van der Waals surface area contributed by atoms with Crippen molar-refractivity contribution < 1.29 is 19.1 Å². The summed E-state index contributed by atoms with van der Waals surface area (Å²) in [5.74, 6) is 0.577. The second-order valence-electron chi connectivity index (χ2n) is 5.92. The first-order chi connectivity index (χ1) is 14.0. The summed E-state index contributed by atoms with van der Waals surface area (Å²) < 4.78 is 10.4. The zero-order valence-corrected chi connectivity index (χ0v) is 16.4. The number of ether oxygens (including phenoxy) is 2. The Hall–Kier alpha value is -3.71. The lowest BCUT2D eigenvalue weighted by Gasteiger charge is -2.11. The van der Waals surface area contributed by atoms with Gasteiger partial charge in [-0.25, -0.2) is 4.79 Å². The third kappa shape index (κ3) is 5.63. The lowest BCUT2D eigenvalue weighted by Crippen LogP contribution is -2.34. The Labute approximate surface area is 173 Å². The van der Waals surface area contributed by atoms with Gasteiger partial charge in [0, 0.05) is 11.3 Å². The van der Waals surface area contributed by atoms with Gasteiger partial charge in [-0.15, -0.1) is 0 Å². The van der Waals surface area contributed by atoms with Crippen molar-refractivity contribution in [2.75, 3.05) is 12.4 Å². The number of methoxy groups -OCH3 is 1. The molecule has 3 rings (SSSR count). The highest BCUT2D eigenvalue weighted by atomic mass is 32.1. The van der Waals surface area contributed by atoms with Gasteiger partial charge in [0.2, 0.25) is 0 Å². The van der Waals surface area contributed by atoms with Crippen molar-refractivity contribution in [2.45, 2.75) is 0 Å².